The lowest BCUT2D eigenvalue weighted by Crippen LogP contribution is -2.30. The number of hydrogen-bond acceptors (Lipinski definition) is 2. The summed E-state index contributed by atoms with van der Waals surface area (Å²) in [6.07, 6.45) is 2.51. The fourth-order valence-corrected chi connectivity index (χ4v) is 1.46. The average Bonchev–Trinajstić information content (AvgIpc) is 3.01. The fraction of sp³-hybridized carbons (Fsp3) is 0.462. The van der Waals surface area contributed by atoms with Crippen molar-refractivity contribution in [1.82, 2.24) is 5.32 Å². The normalized spacial score (nSPS) is 14.9. The first-order valence-corrected chi connectivity index (χ1v) is 5.73. The third-order valence-electron chi connectivity index (χ3n) is 2.37. The molecular formula is C13H17NO2. The molecule has 86 valence electrons. The number of carbonyl (C=O) groups excluding carboxylic acids is 1. The molecular weight excluding hydrogens is 202 g/mol. The van der Waals surface area contributed by atoms with Crippen molar-refractivity contribution in [2.24, 2.45) is 0 Å². The lowest BCUT2D eigenvalue weighted by molar-refractivity contribution is 0.0938. The molecule has 1 N–H and O–H groups in total. The standard InChI is InChI=1S/C13H17NO2/c1-9(2)14-13(15)11-5-3-4-6-12(11)16-10-7-8-10/h3-6,9-10H,7-8H2,1-2H3,(H,14,15). The second-order valence-corrected chi connectivity index (χ2v) is 4.44. The van der Waals surface area contributed by atoms with Crippen LogP contribution in [0.2, 0.25) is 0 Å². The van der Waals surface area contributed by atoms with Gasteiger partial charge >= 0.3 is 0 Å². The Labute approximate surface area is 95.8 Å². The van der Waals surface area contributed by atoms with Crippen LogP contribution in [0.1, 0.15) is 37.0 Å². The summed E-state index contributed by atoms with van der Waals surface area (Å²) in [5.74, 6) is 0.634. The molecule has 1 fully saturated rings. The van der Waals surface area contributed by atoms with Gasteiger partial charge in [0.15, 0.2) is 0 Å². The van der Waals surface area contributed by atoms with Crippen LogP contribution < -0.4 is 10.1 Å². The summed E-state index contributed by atoms with van der Waals surface area (Å²) in [7, 11) is 0. The van der Waals surface area contributed by atoms with Crippen molar-refractivity contribution >= 4 is 5.91 Å². The summed E-state index contributed by atoms with van der Waals surface area (Å²) in [5, 5.41) is 2.87. The van der Waals surface area contributed by atoms with Gasteiger partial charge in [-0.3, -0.25) is 4.79 Å². The van der Waals surface area contributed by atoms with Crippen LogP contribution in [-0.2, 0) is 0 Å². The third kappa shape index (κ3) is 2.75. The van der Waals surface area contributed by atoms with Crippen molar-refractivity contribution in [3.63, 3.8) is 0 Å². The number of amides is 1. The highest BCUT2D eigenvalue weighted by atomic mass is 16.5. The van der Waals surface area contributed by atoms with Crippen LogP contribution in [0, 0.1) is 0 Å². The van der Waals surface area contributed by atoms with E-state index in [0.29, 0.717) is 17.4 Å². The largest absolute Gasteiger partial charge is 0.490 e. The first-order valence-electron chi connectivity index (χ1n) is 5.73. The summed E-state index contributed by atoms with van der Waals surface area (Å²) in [6, 6.07) is 7.54. The van der Waals surface area contributed by atoms with Crippen molar-refractivity contribution in [3.8, 4) is 5.75 Å². The Hall–Kier alpha value is -1.51. The number of hydrogen-bond donors (Lipinski definition) is 1. The van der Waals surface area contributed by atoms with E-state index in [-0.39, 0.29) is 11.9 Å². The van der Waals surface area contributed by atoms with E-state index < -0.39 is 0 Å². The molecule has 1 saturated carbocycles. The highest BCUT2D eigenvalue weighted by molar-refractivity contribution is 5.97. The number of ether oxygens (including phenoxy) is 1. The maximum atomic E-state index is 11.9. The first-order chi connectivity index (χ1) is 7.66. The number of nitrogens with one attached hydrogen (secondary N) is 1. The lowest BCUT2D eigenvalue weighted by atomic mass is 10.2. The maximum absolute atomic E-state index is 11.9. The molecule has 2 rings (SSSR count). The average molecular weight is 219 g/mol. The number of carbonyl (C=O) groups is 1. The molecule has 0 spiro atoms. The van der Waals surface area contributed by atoms with Crippen LogP contribution in [0.3, 0.4) is 0 Å². The molecule has 0 bridgehead atoms. The topological polar surface area (TPSA) is 38.3 Å². The zero-order valence-corrected chi connectivity index (χ0v) is 9.69. The second-order valence-electron chi connectivity index (χ2n) is 4.44. The van der Waals surface area contributed by atoms with E-state index in [2.05, 4.69) is 5.32 Å². The molecule has 0 aliphatic heterocycles. The smallest absolute Gasteiger partial charge is 0.255 e. The van der Waals surface area contributed by atoms with Crippen LogP contribution >= 0.6 is 0 Å². The van der Waals surface area contributed by atoms with Crippen molar-refractivity contribution < 1.29 is 9.53 Å². The molecule has 16 heavy (non-hydrogen) atoms. The van der Waals surface area contributed by atoms with E-state index in [0.717, 1.165) is 12.8 Å². The maximum Gasteiger partial charge on any atom is 0.255 e. The summed E-state index contributed by atoms with van der Waals surface area (Å²) < 4.78 is 5.70. The van der Waals surface area contributed by atoms with Gasteiger partial charge in [-0.05, 0) is 38.8 Å². The minimum absolute atomic E-state index is 0.0637. The van der Waals surface area contributed by atoms with Crippen molar-refractivity contribution in [1.29, 1.82) is 0 Å². The quantitative estimate of drug-likeness (QED) is 0.844. The van der Waals surface area contributed by atoms with Crippen molar-refractivity contribution in [2.45, 2.75) is 38.8 Å². The minimum atomic E-state index is -0.0637. The summed E-state index contributed by atoms with van der Waals surface area (Å²) >= 11 is 0. The molecule has 0 radical (unpaired) electrons. The predicted octanol–water partition coefficient (Wildman–Crippen LogP) is 2.37. The Bertz CT molecular complexity index is 383. The van der Waals surface area contributed by atoms with Crippen molar-refractivity contribution in [3.05, 3.63) is 29.8 Å². The highest BCUT2D eigenvalue weighted by Gasteiger charge is 2.25. The Morgan fingerprint density at radius 1 is 1.38 bits per heavy atom. The van der Waals surface area contributed by atoms with Gasteiger partial charge in [0.25, 0.3) is 5.91 Å². The van der Waals surface area contributed by atoms with Crippen LogP contribution in [0.15, 0.2) is 24.3 Å². The number of rotatable bonds is 4. The zero-order chi connectivity index (χ0) is 11.5. The molecule has 1 aromatic rings. The zero-order valence-electron chi connectivity index (χ0n) is 9.69. The molecule has 0 aromatic heterocycles. The molecule has 3 nitrogen and oxygen atoms in total. The Morgan fingerprint density at radius 2 is 2.06 bits per heavy atom. The Morgan fingerprint density at radius 3 is 2.69 bits per heavy atom. The van der Waals surface area contributed by atoms with E-state index >= 15 is 0 Å². The van der Waals surface area contributed by atoms with E-state index in [1.807, 2.05) is 32.0 Å². The molecule has 0 atom stereocenters. The van der Waals surface area contributed by atoms with E-state index in [9.17, 15) is 4.79 Å². The van der Waals surface area contributed by atoms with E-state index in [4.69, 9.17) is 4.74 Å². The van der Waals surface area contributed by atoms with Gasteiger partial charge in [-0.25, -0.2) is 0 Å². The van der Waals surface area contributed by atoms with Gasteiger partial charge in [0, 0.05) is 6.04 Å². The van der Waals surface area contributed by atoms with Gasteiger partial charge < -0.3 is 10.1 Å². The summed E-state index contributed by atoms with van der Waals surface area (Å²) in [4.78, 5) is 11.9. The van der Waals surface area contributed by atoms with Crippen LogP contribution in [0.4, 0.5) is 0 Å². The second kappa shape index (κ2) is 4.56. The fourth-order valence-electron chi connectivity index (χ4n) is 1.46. The van der Waals surface area contributed by atoms with E-state index in [1.54, 1.807) is 6.07 Å². The molecule has 0 heterocycles. The first kappa shape index (κ1) is 11.0. The Balaban J connectivity index is 2.14. The predicted molar refractivity (Wildman–Crippen MR) is 62.7 cm³/mol. The monoisotopic (exact) mass is 219 g/mol. The third-order valence-corrected chi connectivity index (χ3v) is 2.37. The van der Waals surface area contributed by atoms with Gasteiger partial charge in [-0.15, -0.1) is 0 Å². The molecule has 1 aliphatic carbocycles. The highest BCUT2D eigenvalue weighted by Crippen LogP contribution is 2.28. The van der Waals surface area contributed by atoms with Crippen LogP contribution in [0.5, 0.6) is 5.75 Å². The summed E-state index contributed by atoms with van der Waals surface area (Å²) in [5.41, 5.74) is 0.628. The van der Waals surface area contributed by atoms with Crippen LogP contribution in [0.25, 0.3) is 0 Å². The number of benzene rings is 1. The van der Waals surface area contributed by atoms with Gasteiger partial charge in [-0.2, -0.15) is 0 Å². The van der Waals surface area contributed by atoms with Gasteiger partial charge in [0.05, 0.1) is 11.7 Å². The molecule has 1 aliphatic rings. The molecule has 0 unspecified atom stereocenters. The van der Waals surface area contributed by atoms with E-state index in [1.165, 1.54) is 0 Å². The van der Waals surface area contributed by atoms with Crippen molar-refractivity contribution in [2.75, 3.05) is 0 Å². The van der Waals surface area contributed by atoms with Crippen LogP contribution in [-0.4, -0.2) is 18.1 Å². The Kier molecular flexibility index (Phi) is 3.13. The van der Waals surface area contributed by atoms with Gasteiger partial charge in [-0.1, -0.05) is 12.1 Å². The molecule has 3 heteroatoms. The molecule has 1 aromatic carbocycles. The molecule has 0 saturated heterocycles. The molecule has 1 amide bonds. The SMILES string of the molecule is CC(C)NC(=O)c1ccccc1OC1CC1. The number of para-hydroxylation sites is 1. The van der Waals surface area contributed by atoms with Gasteiger partial charge in [0.2, 0.25) is 0 Å². The lowest BCUT2D eigenvalue weighted by Gasteiger charge is -2.12. The summed E-state index contributed by atoms with van der Waals surface area (Å²) in [6.45, 7) is 3.89. The van der Waals surface area contributed by atoms with Gasteiger partial charge in [0.1, 0.15) is 5.75 Å². The minimum Gasteiger partial charge on any atom is -0.490 e.